The second-order valence-electron chi connectivity index (χ2n) is 0. The van der Waals surface area contributed by atoms with Crippen molar-refractivity contribution in [3.63, 3.8) is 0 Å². The van der Waals surface area contributed by atoms with Crippen LogP contribution < -0.4 is 0 Å². The van der Waals surface area contributed by atoms with Crippen molar-refractivity contribution in [2.24, 2.45) is 0 Å². The van der Waals surface area contributed by atoms with Crippen molar-refractivity contribution in [3.8, 4) is 0 Å². The van der Waals surface area contributed by atoms with Gasteiger partial charge in [-0.1, -0.05) is 0 Å². The number of hydrogen-bond acceptors (Lipinski definition) is 1. The summed E-state index contributed by atoms with van der Waals surface area (Å²) in [6, 6.07) is 0. The fourth-order valence-corrected chi connectivity index (χ4v) is 0. The van der Waals surface area contributed by atoms with Crippen LogP contribution in [0.15, 0.2) is 0 Å². The Morgan fingerprint density at radius 2 is 1.20 bits per heavy atom. The van der Waals surface area contributed by atoms with Gasteiger partial charge in [-0.3, -0.25) is 0 Å². The van der Waals surface area contributed by atoms with Crippen LogP contribution in [0.1, 0.15) is 0 Å². The van der Waals surface area contributed by atoms with Crippen LogP contribution in [0.25, 0.3) is 0 Å². The number of hydrogen-bond donors (Lipinski definition) is 0. The molecule has 0 rings (SSSR count). The van der Waals surface area contributed by atoms with E-state index >= 15 is 0 Å². The van der Waals surface area contributed by atoms with Crippen LogP contribution in [0.4, 0.5) is 0 Å². The quantitative estimate of drug-likeness (QED) is 0.469. The molecule has 34 valence electrons. The molecule has 0 aromatic carbocycles. The molecule has 0 bridgehead atoms. The monoisotopic (exact) mass is 212 g/mol. The first kappa shape index (κ1) is 27.3. The first-order valence-corrected chi connectivity index (χ1v) is 0.636. The standard InChI is InChI=1S/Cr.Cu.Mg.Mn.O.2H. The molecule has 0 atom stereocenters. The van der Waals surface area contributed by atoms with Gasteiger partial charge >= 0.3 is 42.8 Å². The fraction of sp³-hybridized carbons (Fsp3) is 0. The summed E-state index contributed by atoms with van der Waals surface area (Å²) in [5, 5.41) is 0. The molecule has 0 amide bonds. The van der Waals surface area contributed by atoms with Gasteiger partial charge in [0.25, 0.3) is 0 Å². The van der Waals surface area contributed by atoms with Crippen molar-refractivity contribution in [3.05, 3.63) is 0 Å². The maximum absolute atomic E-state index is 8.06. The van der Waals surface area contributed by atoms with Crippen molar-refractivity contribution in [2.45, 2.75) is 0 Å². The second kappa shape index (κ2) is 35.5. The van der Waals surface area contributed by atoms with Gasteiger partial charge in [0.05, 0.1) is 0 Å². The summed E-state index contributed by atoms with van der Waals surface area (Å²) >= 11 is 1.69. The van der Waals surface area contributed by atoms with Crippen LogP contribution in [0.2, 0.25) is 0 Å². The zero-order valence-corrected chi connectivity index (χ0v) is 4.89. The average Bonchev–Trinajstić information content (AvgIpc) is 1.00. The molecule has 1 radical (unpaired) electrons. The molecule has 5 heavy (non-hydrogen) atoms. The SMILES string of the molecule is [Cr].[Cu].[MgH2].[O]=[Mn]. The van der Waals surface area contributed by atoms with Crippen LogP contribution in [0, 0.1) is 0 Å². The predicted molar refractivity (Wildman–Crippen MR) is 9.23 cm³/mol. The van der Waals surface area contributed by atoms with Gasteiger partial charge in [0.15, 0.2) is 0 Å². The van der Waals surface area contributed by atoms with Crippen molar-refractivity contribution < 1.29 is 54.2 Å². The van der Waals surface area contributed by atoms with E-state index in [1.54, 1.807) is 15.9 Å². The van der Waals surface area contributed by atoms with Crippen LogP contribution >= 0.6 is 0 Å². The summed E-state index contributed by atoms with van der Waals surface area (Å²) in [5.74, 6) is 0. The van der Waals surface area contributed by atoms with E-state index in [1.165, 1.54) is 0 Å². The van der Waals surface area contributed by atoms with E-state index in [0.717, 1.165) is 0 Å². The molecule has 0 aliphatic carbocycles. The summed E-state index contributed by atoms with van der Waals surface area (Å²) in [5.41, 5.74) is 0. The Balaban J connectivity index is -0.00000000167. The Hall–Kier alpha value is 2.14. The Morgan fingerprint density at radius 3 is 1.20 bits per heavy atom. The van der Waals surface area contributed by atoms with Crippen molar-refractivity contribution in [1.82, 2.24) is 0 Å². The van der Waals surface area contributed by atoms with E-state index in [-0.39, 0.29) is 57.5 Å². The van der Waals surface area contributed by atoms with Gasteiger partial charge in [0.1, 0.15) is 0 Å². The fourth-order valence-electron chi connectivity index (χ4n) is 0. The van der Waals surface area contributed by atoms with Gasteiger partial charge in [0, 0.05) is 34.4 Å². The molecule has 0 heterocycles. The van der Waals surface area contributed by atoms with Crippen molar-refractivity contribution >= 4 is 23.1 Å². The molecule has 0 aliphatic rings. The minimum atomic E-state index is 0. The third kappa shape index (κ3) is 23.0. The molecule has 0 aromatic heterocycles. The molecule has 0 saturated carbocycles. The van der Waals surface area contributed by atoms with Gasteiger partial charge in [-0.2, -0.15) is 0 Å². The van der Waals surface area contributed by atoms with Gasteiger partial charge in [-0.25, -0.2) is 0 Å². The molecule has 0 saturated heterocycles. The molecule has 0 aromatic rings. The first-order chi connectivity index (χ1) is 1.00. The average molecular weight is 213 g/mol. The van der Waals surface area contributed by atoms with E-state index in [1.807, 2.05) is 0 Å². The van der Waals surface area contributed by atoms with E-state index in [2.05, 4.69) is 0 Å². The van der Waals surface area contributed by atoms with Gasteiger partial charge in [-0.15, -0.1) is 0 Å². The van der Waals surface area contributed by atoms with Crippen molar-refractivity contribution in [2.75, 3.05) is 0 Å². The first-order valence-electron chi connectivity index (χ1n) is 0.154. The normalized spacial score (nSPS) is 0.800. The maximum atomic E-state index is 8.06. The summed E-state index contributed by atoms with van der Waals surface area (Å²) < 4.78 is 8.06. The third-order valence-electron chi connectivity index (χ3n) is 0. The molecule has 0 fully saturated rings. The van der Waals surface area contributed by atoms with E-state index in [4.69, 9.17) is 3.83 Å². The molecule has 5 heteroatoms. The summed E-state index contributed by atoms with van der Waals surface area (Å²) in [6.45, 7) is 0. The van der Waals surface area contributed by atoms with Crippen LogP contribution in [0.5, 0.6) is 0 Å². The summed E-state index contributed by atoms with van der Waals surface area (Å²) in [6.07, 6.45) is 0. The molecule has 0 unspecified atom stereocenters. The molecule has 1 nitrogen and oxygen atoms in total. The topological polar surface area (TPSA) is 17.1 Å². The Morgan fingerprint density at radius 1 is 1.20 bits per heavy atom. The molecule has 0 aliphatic heterocycles. The van der Waals surface area contributed by atoms with Crippen LogP contribution in [-0.2, 0) is 54.2 Å². The summed E-state index contributed by atoms with van der Waals surface area (Å²) in [7, 11) is 0. The second-order valence-corrected chi connectivity index (χ2v) is 0. The van der Waals surface area contributed by atoms with E-state index < -0.39 is 0 Å². The minimum absolute atomic E-state index is 0. The Kier molecular flexibility index (Phi) is 194. The zero-order valence-electron chi connectivity index (χ0n) is 1.50. The van der Waals surface area contributed by atoms with Gasteiger partial charge in [-0.05, 0) is 0 Å². The molecule has 0 N–H and O–H groups in total. The van der Waals surface area contributed by atoms with Crippen LogP contribution in [0.3, 0.4) is 0 Å². The molecule has 0 spiro atoms. The molecular weight excluding hydrogens is 211 g/mol. The number of rotatable bonds is 0. The molecular formula is H2CrCuMgMnO. The van der Waals surface area contributed by atoms with E-state index in [0.29, 0.717) is 0 Å². The third-order valence-corrected chi connectivity index (χ3v) is 0. The Bertz CT molecular complexity index is 11.6. The van der Waals surface area contributed by atoms with Gasteiger partial charge in [0.2, 0.25) is 0 Å². The van der Waals surface area contributed by atoms with E-state index in [9.17, 15) is 0 Å². The summed E-state index contributed by atoms with van der Waals surface area (Å²) in [4.78, 5) is 0. The van der Waals surface area contributed by atoms with Gasteiger partial charge < -0.3 is 0 Å². The predicted octanol–water partition coefficient (Wildman–Crippen LogP) is -1.04. The van der Waals surface area contributed by atoms with Crippen LogP contribution in [-0.4, -0.2) is 23.1 Å². The zero-order chi connectivity index (χ0) is 2.00. The Labute approximate surface area is 76.4 Å². The van der Waals surface area contributed by atoms with Crippen molar-refractivity contribution in [1.29, 1.82) is 0 Å².